The van der Waals surface area contributed by atoms with Gasteiger partial charge in [0.25, 0.3) is 0 Å². The highest BCUT2D eigenvalue weighted by Crippen LogP contribution is 2.13. The van der Waals surface area contributed by atoms with Gasteiger partial charge in [-0.3, -0.25) is 4.21 Å². The number of piperidine rings is 1. The molecule has 1 fully saturated rings. The van der Waals surface area contributed by atoms with Crippen molar-refractivity contribution in [2.24, 2.45) is 5.92 Å². The summed E-state index contributed by atoms with van der Waals surface area (Å²) in [6, 6.07) is 1.74. The van der Waals surface area contributed by atoms with Crippen LogP contribution in [-0.2, 0) is 10.8 Å². The Kier molecular flexibility index (Phi) is 3.80. The van der Waals surface area contributed by atoms with Crippen LogP contribution in [0, 0.1) is 5.92 Å². The predicted molar refractivity (Wildman–Crippen MR) is 58.9 cm³/mol. The molecule has 0 aliphatic carbocycles. The van der Waals surface area contributed by atoms with Crippen molar-refractivity contribution in [2.45, 2.75) is 18.0 Å². The predicted octanol–water partition coefficient (Wildman–Crippen LogP) is 0.584. The van der Waals surface area contributed by atoms with Crippen molar-refractivity contribution in [3.05, 3.63) is 18.5 Å². The molecule has 2 heterocycles. The van der Waals surface area contributed by atoms with Crippen LogP contribution in [0.25, 0.3) is 0 Å². The molecular formula is C10H15N3OS. The molecule has 4 nitrogen and oxygen atoms in total. The fourth-order valence-corrected chi connectivity index (χ4v) is 2.98. The highest BCUT2D eigenvalue weighted by atomic mass is 32.2. The number of hydrogen-bond donors (Lipinski definition) is 1. The Morgan fingerprint density at radius 3 is 2.93 bits per heavy atom. The van der Waals surface area contributed by atoms with Gasteiger partial charge in [0.2, 0.25) is 5.16 Å². The van der Waals surface area contributed by atoms with E-state index in [1.54, 1.807) is 18.5 Å². The second kappa shape index (κ2) is 5.32. The molecular weight excluding hydrogens is 210 g/mol. The SMILES string of the molecule is O=[S@@](C[C@H]1CCCNC1)c1ncccn1. The zero-order valence-electron chi connectivity index (χ0n) is 8.56. The van der Waals surface area contributed by atoms with Gasteiger partial charge in [0.05, 0.1) is 10.8 Å². The van der Waals surface area contributed by atoms with E-state index in [1.807, 2.05) is 0 Å². The lowest BCUT2D eigenvalue weighted by molar-refractivity contribution is 0.407. The summed E-state index contributed by atoms with van der Waals surface area (Å²) in [5.41, 5.74) is 0. The van der Waals surface area contributed by atoms with Gasteiger partial charge in [-0.25, -0.2) is 9.97 Å². The lowest BCUT2D eigenvalue weighted by atomic mass is 10.0. The van der Waals surface area contributed by atoms with Crippen LogP contribution in [0.3, 0.4) is 0 Å². The summed E-state index contributed by atoms with van der Waals surface area (Å²) < 4.78 is 11.9. The largest absolute Gasteiger partial charge is 0.316 e. The maximum atomic E-state index is 11.9. The van der Waals surface area contributed by atoms with Gasteiger partial charge in [-0.05, 0) is 37.9 Å². The molecule has 1 aromatic rings. The topological polar surface area (TPSA) is 54.9 Å². The van der Waals surface area contributed by atoms with Crippen molar-refractivity contribution in [2.75, 3.05) is 18.8 Å². The number of aromatic nitrogens is 2. The van der Waals surface area contributed by atoms with E-state index in [9.17, 15) is 4.21 Å². The molecule has 1 aliphatic heterocycles. The van der Waals surface area contributed by atoms with Crippen molar-refractivity contribution in [1.29, 1.82) is 0 Å². The zero-order valence-corrected chi connectivity index (χ0v) is 9.37. The number of hydrogen-bond acceptors (Lipinski definition) is 4. The van der Waals surface area contributed by atoms with Gasteiger partial charge >= 0.3 is 0 Å². The molecule has 1 aromatic heterocycles. The van der Waals surface area contributed by atoms with Gasteiger partial charge in [-0.15, -0.1) is 0 Å². The van der Waals surface area contributed by atoms with Crippen LogP contribution in [0.4, 0.5) is 0 Å². The molecule has 0 spiro atoms. The summed E-state index contributed by atoms with van der Waals surface area (Å²) in [5.74, 6) is 1.18. The molecule has 1 aliphatic rings. The van der Waals surface area contributed by atoms with Crippen LogP contribution in [0.2, 0.25) is 0 Å². The van der Waals surface area contributed by atoms with Crippen LogP contribution in [0.15, 0.2) is 23.6 Å². The molecule has 2 rings (SSSR count). The molecule has 0 radical (unpaired) electrons. The molecule has 0 unspecified atom stereocenters. The molecule has 1 saturated heterocycles. The third kappa shape index (κ3) is 3.07. The summed E-state index contributed by atoms with van der Waals surface area (Å²) >= 11 is 0. The average Bonchev–Trinajstić information content (AvgIpc) is 2.31. The number of nitrogens with zero attached hydrogens (tertiary/aromatic N) is 2. The third-order valence-electron chi connectivity index (χ3n) is 2.53. The Morgan fingerprint density at radius 2 is 2.27 bits per heavy atom. The molecule has 1 N–H and O–H groups in total. The minimum atomic E-state index is -1.04. The first-order valence-corrected chi connectivity index (χ1v) is 6.54. The van der Waals surface area contributed by atoms with E-state index in [1.165, 1.54) is 6.42 Å². The Hall–Kier alpha value is -0.810. The fourth-order valence-electron chi connectivity index (χ4n) is 1.76. The van der Waals surface area contributed by atoms with Crippen molar-refractivity contribution in [3.63, 3.8) is 0 Å². The Balaban J connectivity index is 1.91. The molecule has 0 amide bonds. The molecule has 5 heteroatoms. The summed E-state index contributed by atoms with van der Waals surface area (Å²) in [5, 5.41) is 3.78. The monoisotopic (exact) mass is 225 g/mol. The molecule has 0 saturated carbocycles. The van der Waals surface area contributed by atoms with Gasteiger partial charge in [0.1, 0.15) is 0 Å². The van der Waals surface area contributed by atoms with E-state index < -0.39 is 10.8 Å². The maximum Gasteiger partial charge on any atom is 0.218 e. The van der Waals surface area contributed by atoms with E-state index in [0.717, 1.165) is 19.5 Å². The number of rotatable bonds is 3. The van der Waals surface area contributed by atoms with E-state index in [-0.39, 0.29) is 0 Å². The van der Waals surface area contributed by atoms with Crippen molar-refractivity contribution < 1.29 is 4.21 Å². The van der Waals surface area contributed by atoms with Gasteiger partial charge in [-0.2, -0.15) is 0 Å². The zero-order chi connectivity index (χ0) is 10.5. The Labute approximate surface area is 92.0 Å². The summed E-state index contributed by atoms with van der Waals surface area (Å²) in [7, 11) is -1.04. The van der Waals surface area contributed by atoms with E-state index in [4.69, 9.17) is 0 Å². The fraction of sp³-hybridized carbons (Fsp3) is 0.600. The molecule has 15 heavy (non-hydrogen) atoms. The second-order valence-electron chi connectivity index (χ2n) is 3.76. The highest BCUT2D eigenvalue weighted by molar-refractivity contribution is 7.84. The lowest BCUT2D eigenvalue weighted by Gasteiger charge is -2.21. The van der Waals surface area contributed by atoms with Gasteiger partial charge in [-0.1, -0.05) is 0 Å². The van der Waals surface area contributed by atoms with Gasteiger partial charge in [0, 0.05) is 18.1 Å². The van der Waals surface area contributed by atoms with Crippen LogP contribution < -0.4 is 5.32 Å². The first kappa shape index (κ1) is 10.7. The summed E-state index contributed by atoms with van der Waals surface area (Å²) in [6.07, 6.45) is 5.61. The van der Waals surface area contributed by atoms with E-state index >= 15 is 0 Å². The number of nitrogens with one attached hydrogen (secondary N) is 1. The summed E-state index contributed by atoms with van der Waals surface area (Å²) in [6.45, 7) is 2.06. The van der Waals surface area contributed by atoms with E-state index in [2.05, 4.69) is 15.3 Å². The normalized spacial score (nSPS) is 23.6. The van der Waals surface area contributed by atoms with Crippen molar-refractivity contribution in [3.8, 4) is 0 Å². The molecule has 0 bridgehead atoms. The van der Waals surface area contributed by atoms with Crippen LogP contribution in [0.5, 0.6) is 0 Å². The maximum absolute atomic E-state index is 11.9. The van der Waals surface area contributed by atoms with E-state index in [0.29, 0.717) is 16.8 Å². The minimum absolute atomic E-state index is 0.461. The first-order chi connectivity index (χ1) is 7.36. The van der Waals surface area contributed by atoms with Gasteiger partial charge in [0.15, 0.2) is 0 Å². The van der Waals surface area contributed by atoms with Crippen LogP contribution in [0.1, 0.15) is 12.8 Å². The van der Waals surface area contributed by atoms with Crippen molar-refractivity contribution >= 4 is 10.8 Å². The second-order valence-corrected chi connectivity index (χ2v) is 5.15. The van der Waals surface area contributed by atoms with Crippen LogP contribution in [-0.4, -0.2) is 33.0 Å². The highest BCUT2D eigenvalue weighted by Gasteiger charge is 2.17. The first-order valence-electron chi connectivity index (χ1n) is 5.22. The molecule has 2 atom stereocenters. The Morgan fingerprint density at radius 1 is 1.47 bits per heavy atom. The Bertz CT molecular complexity index is 325. The molecule has 0 aromatic carbocycles. The van der Waals surface area contributed by atoms with Crippen molar-refractivity contribution in [1.82, 2.24) is 15.3 Å². The summed E-state index contributed by atoms with van der Waals surface area (Å²) in [4.78, 5) is 8.02. The molecule has 82 valence electrons. The quantitative estimate of drug-likeness (QED) is 0.765. The third-order valence-corrected chi connectivity index (χ3v) is 3.92. The van der Waals surface area contributed by atoms with Crippen LogP contribution >= 0.6 is 0 Å². The average molecular weight is 225 g/mol. The standard InChI is InChI=1S/C10H15N3OS/c14-15(10-12-5-2-6-13-10)8-9-3-1-4-11-7-9/h2,5-6,9,11H,1,3-4,7-8H2/t9-,15-/m0/s1. The minimum Gasteiger partial charge on any atom is -0.316 e. The van der Waals surface area contributed by atoms with Gasteiger partial charge < -0.3 is 5.32 Å². The lowest BCUT2D eigenvalue weighted by Crippen LogP contribution is -2.32. The smallest absolute Gasteiger partial charge is 0.218 e.